The SMILES string of the molecule is O=C(CCc1ccncc1)NC1CCOCC1Oc1ccc(CO)cc1. The van der Waals surface area contributed by atoms with Crippen molar-refractivity contribution in [3.05, 3.63) is 59.9 Å². The van der Waals surface area contributed by atoms with Crippen molar-refractivity contribution in [2.45, 2.75) is 38.0 Å². The number of nitrogens with one attached hydrogen (secondary N) is 1. The molecule has 2 unspecified atom stereocenters. The fourth-order valence-corrected chi connectivity index (χ4v) is 2.93. The quantitative estimate of drug-likeness (QED) is 0.791. The molecule has 2 aromatic rings. The fraction of sp³-hybridized carbons (Fsp3) is 0.400. The van der Waals surface area contributed by atoms with Gasteiger partial charge in [0.15, 0.2) is 0 Å². The highest BCUT2D eigenvalue weighted by Gasteiger charge is 2.28. The zero-order valence-corrected chi connectivity index (χ0v) is 14.6. The van der Waals surface area contributed by atoms with Crippen molar-refractivity contribution in [2.75, 3.05) is 13.2 Å². The lowest BCUT2D eigenvalue weighted by Crippen LogP contribution is -2.51. The number of amides is 1. The van der Waals surface area contributed by atoms with Crippen LogP contribution in [0.5, 0.6) is 5.75 Å². The number of ether oxygens (including phenoxy) is 2. The first kappa shape index (κ1) is 18.4. The standard InChI is InChI=1S/C20H24N2O4/c23-13-16-1-4-17(5-2-16)26-19-14-25-12-9-18(19)22-20(24)6-3-15-7-10-21-11-8-15/h1-2,4-5,7-8,10-11,18-19,23H,3,6,9,12-14H2,(H,22,24). The van der Waals surface area contributed by atoms with Crippen molar-refractivity contribution in [1.82, 2.24) is 10.3 Å². The molecule has 1 aliphatic rings. The van der Waals surface area contributed by atoms with Crippen LogP contribution in [0.4, 0.5) is 0 Å². The van der Waals surface area contributed by atoms with Gasteiger partial charge in [0.1, 0.15) is 11.9 Å². The Morgan fingerprint density at radius 3 is 2.69 bits per heavy atom. The van der Waals surface area contributed by atoms with E-state index >= 15 is 0 Å². The predicted octanol–water partition coefficient (Wildman–Crippen LogP) is 1.86. The maximum Gasteiger partial charge on any atom is 0.220 e. The zero-order chi connectivity index (χ0) is 18.2. The number of pyridine rings is 1. The average Bonchev–Trinajstić information content (AvgIpc) is 2.69. The maximum atomic E-state index is 12.3. The molecule has 1 aromatic carbocycles. The monoisotopic (exact) mass is 356 g/mol. The molecule has 0 radical (unpaired) electrons. The summed E-state index contributed by atoms with van der Waals surface area (Å²) in [6, 6.07) is 11.0. The molecule has 26 heavy (non-hydrogen) atoms. The second kappa shape index (κ2) is 9.31. The Morgan fingerprint density at radius 2 is 1.96 bits per heavy atom. The zero-order valence-electron chi connectivity index (χ0n) is 14.6. The number of aliphatic hydroxyl groups is 1. The van der Waals surface area contributed by atoms with Crippen molar-refractivity contribution in [2.24, 2.45) is 0 Å². The Kier molecular flexibility index (Phi) is 6.57. The Morgan fingerprint density at radius 1 is 1.19 bits per heavy atom. The van der Waals surface area contributed by atoms with Crippen LogP contribution in [0.2, 0.25) is 0 Å². The summed E-state index contributed by atoms with van der Waals surface area (Å²) in [7, 11) is 0. The van der Waals surface area contributed by atoms with Gasteiger partial charge < -0.3 is 19.9 Å². The number of nitrogens with zero attached hydrogens (tertiary/aromatic N) is 1. The molecule has 1 fully saturated rings. The first-order valence-corrected chi connectivity index (χ1v) is 8.87. The van der Waals surface area contributed by atoms with Crippen LogP contribution in [0.3, 0.4) is 0 Å². The molecule has 1 amide bonds. The number of benzene rings is 1. The van der Waals surface area contributed by atoms with E-state index in [0.29, 0.717) is 31.8 Å². The van der Waals surface area contributed by atoms with Crippen LogP contribution in [0.15, 0.2) is 48.8 Å². The van der Waals surface area contributed by atoms with Crippen molar-refractivity contribution >= 4 is 5.91 Å². The number of hydrogen-bond acceptors (Lipinski definition) is 5. The molecule has 0 aliphatic carbocycles. The summed E-state index contributed by atoms with van der Waals surface area (Å²) in [6.07, 6.45) is 5.08. The number of rotatable bonds is 7. The second-order valence-electron chi connectivity index (χ2n) is 6.35. The molecular formula is C20H24N2O4. The third kappa shape index (κ3) is 5.28. The summed E-state index contributed by atoms with van der Waals surface area (Å²) < 4.78 is 11.5. The molecular weight excluding hydrogens is 332 g/mol. The highest BCUT2D eigenvalue weighted by Crippen LogP contribution is 2.19. The fourth-order valence-electron chi connectivity index (χ4n) is 2.93. The lowest BCUT2D eigenvalue weighted by Gasteiger charge is -2.32. The van der Waals surface area contributed by atoms with E-state index in [9.17, 15) is 4.79 Å². The van der Waals surface area contributed by atoms with Gasteiger partial charge in [0.2, 0.25) is 5.91 Å². The summed E-state index contributed by atoms with van der Waals surface area (Å²) >= 11 is 0. The van der Waals surface area contributed by atoms with E-state index in [1.165, 1.54) is 0 Å². The van der Waals surface area contributed by atoms with E-state index in [2.05, 4.69) is 10.3 Å². The van der Waals surface area contributed by atoms with Gasteiger partial charge in [-0.25, -0.2) is 0 Å². The highest BCUT2D eigenvalue weighted by molar-refractivity contribution is 5.76. The highest BCUT2D eigenvalue weighted by atomic mass is 16.5. The number of aromatic nitrogens is 1. The minimum absolute atomic E-state index is 0.00296. The van der Waals surface area contributed by atoms with Gasteiger partial charge in [-0.2, -0.15) is 0 Å². The van der Waals surface area contributed by atoms with Crippen molar-refractivity contribution < 1.29 is 19.4 Å². The summed E-state index contributed by atoms with van der Waals surface area (Å²) in [6.45, 7) is 1.05. The molecule has 0 spiro atoms. The minimum Gasteiger partial charge on any atom is -0.486 e. The molecule has 1 aliphatic heterocycles. The van der Waals surface area contributed by atoms with Gasteiger partial charge in [-0.05, 0) is 48.2 Å². The van der Waals surface area contributed by atoms with Crippen LogP contribution >= 0.6 is 0 Å². The topological polar surface area (TPSA) is 80.7 Å². The Bertz CT molecular complexity index is 691. The van der Waals surface area contributed by atoms with Crippen molar-refractivity contribution in [3.8, 4) is 5.75 Å². The van der Waals surface area contributed by atoms with E-state index in [-0.39, 0.29) is 24.7 Å². The molecule has 6 nitrogen and oxygen atoms in total. The average molecular weight is 356 g/mol. The van der Waals surface area contributed by atoms with E-state index < -0.39 is 0 Å². The van der Waals surface area contributed by atoms with Crippen LogP contribution in [0.25, 0.3) is 0 Å². The van der Waals surface area contributed by atoms with Gasteiger partial charge in [-0.1, -0.05) is 12.1 Å². The Labute approximate surface area is 153 Å². The summed E-state index contributed by atoms with van der Waals surface area (Å²) in [4.78, 5) is 16.3. The van der Waals surface area contributed by atoms with E-state index in [1.807, 2.05) is 36.4 Å². The second-order valence-corrected chi connectivity index (χ2v) is 6.35. The summed E-state index contributed by atoms with van der Waals surface area (Å²) in [5.74, 6) is 0.715. The molecule has 2 heterocycles. The number of aryl methyl sites for hydroxylation is 1. The third-order valence-electron chi connectivity index (χ3n) is 4.43. The van der Waals surface area contributed by atoms with Gasteiger partial charge in [-0.3, -0.25) is 9.78 Å². The van der Waals surface area contributed by atoms with Gasteiger partial charge in [0.05, 0.1) is 19.3 Å². The summed E-state index contributed by atoms with van der Waals surface area (Å²) in [5, 5.41) is 12.2. The third-order valence-corrected chi connectivity index (χ3v) is 4.43. The first-order chi connectivity index (χ1) is 12.7. The smallest absolute Gasteiger partial charge is 0.220 e. The van der Waals surface area contributed by atoms with Crippen molar-refractivity contribution in [1.29, 1.82) is 0 Å². The normalized spacial score (nSPS) is 19.7. The summed E-state index contributed by atoms with van der Waals surface area (Å²) in [5.41, 5.74) is 1.93. The molecule has 1 saturated heterocycles. The first-order valence-electron chi connectivity index (χ1n) is 8.87. The largest absolute Gasteiger partial charge is 0.486 e. The van der Waals surface area contributed by atoms with Crippen LogP contribution in [0.1, 0.15) is 24.0 Å². The minimum atomic E-state index is -0.228. The van der Waals surface area contributed by atoms with Gasteiger partial charge in [0.25, 0.3) is 0 Å². The van der Waals surface area contributed by atoms with Crippen molar-refractivity contribution in [3.63, 3.8) is 0 Å². The van der Waals surface area contributed by atoms with Gasteiger partial charge in [0, 0.05) is 25.4 Å². The van der Waals surface area contributed by atoms with Crippen LogP contribution in [0, 0.1) is 0 Å². The predicted molar refractivity (Wildman–Crippen MR) is 96.7 cm³/mol. The Hall–Kier alpha value is -2.44. The molecule has 138 valence electrons. The van der Waals surface area contributed by atoms with E-state index in [1.54, 1.807) is 12.4 Å². The molecule has 2 N–H and O–H groups in total. The lowest BCUT2D eigenvalue weighted by molar-refractivity contribution is -0.123. The number of hydrogen-bond donors (Lipinski definition) is 2. The van der Waals surface area contributed by atoms with Crippen LogP contribution in [-0.2, 0) is 22.6 Å². The number of carbonyl (C=O) groups excluding carboxylic acids is 1. The molecule has 0 bridgehead atoms. The molecule has 0 saturated carbocycles. The number of aliphatic hydroxyl groups excluding tert-OH is 1. The van der Waals surface area contributed by atoms with Crippen LogP contribution in [-0.4, -0.2) is 41.4 Å². The maximum absolute atomic E-state index is 12.3. The molecule has 2 atom stereocenters. The van der Waals surface area contributed by atoms with E-state index in [0.717, 1.165) is 17.5 Å². The van der Waals surface area contributed by atoms with Crippen LogP contribution < -0.4 is 10.1 Å². The van der Waals surface area contributed by atoms with Gasteiger partial charge in [-0.15, -0.1) is 0 Å². The Balaban J connectivity index is 1.53. The lowest BCUT2D eigenvalue weighted by atomic mass is 10.0. The van der Waals surface area contributed by atoms with E-state index in [4.69, 9.17) is 14.6 Å². The number of carbonyl (C=O) groups is 1. The molecule has 6 heteroatoms. The molecule has 3 rings (SSSR count). The molecule has 1 aromatic heterocycles. The van der Waals surface area contributed by atoms with Gasteiger partial charge >= 0.3 is 0 Å².